The van der Waals surface area contributed by atoms with Crippen LogP contribution in [0.5, 0.6) is 0 Å². The van der Waals surface area contributed by atoms with Crippen molar-refractivity contribution in [2.45, 2.75) is 11.3 Å². The Balaban J connectivity index is 1.93. The number of hydrogen-bond donors (Lipinski definition) is 1. The zero-order chi connectivity index (χ0) is 20.5. The Labute approximate surface area is 177 Å². The molecule has 28 heavy (non-hydrogen) atoms. The van der Waals surface area contributed by atoms with Gasteiger partial charge in [-0.15, -0.1) is 0 Å². The molecule has 2 amide bonds. The molecule has 148 valence electrons. The summed E-state index contributed by atoms with van der Waals surface area (Å²) in [5.41, 5.74) is 0.663. The van der Waals surface area contributed by atoms with E-state index in [-0.39, 0.29) is 17.9 Å². The van der Waals surface area contributed by atoms with Crippen molar-refractivity contribution in [2.24, 2.45) is 5.92 Å². The van der Waals surface area contributed by atoms with Crippen molar-refractivity contribution in [3.8, 4) is 0 Å². The Morgan fingerprint density at radius 2 is 1.57 bits per heavy atom. The molecule has 1 unspecified atom stereocenters. The number of sulfonamides is 1. The summed E-state index contributed by atoms with van der Waals surface area (Å²) in [5.74, 6) is -2.02. The molecule has 1 fully saturated rings. The summed E-state index contributed by atoms with van der Waals surface area (Å²) in [6, 6.07) is 10.2. The van der Waals surface area contributed by atoms with Gasteiger partial charge < -0.3 is 5.32 Å². The lowest BCUT2D eigenvalue weighted by molar-refractivity contribution is -0.131. The molecule has 1 aliphatic rings. The number of rotatable bonds is 4. The highest BCUT2D eigenvalue weighted by molar-refractivity contribution is 7.89. The van der Waals surface area contributed by atoms with E-state index >= 15 is 0 Å². The Morgan fingerprint density at radius 3 is 2.18 bits per heavy atom. The largest absolute Gasteiger partial charge is 0.354 e. The fourth-order valence-electron chi connectivity index (χ4n) is 2.90. The molecule has 1 atom stereocenters. The monoisotopic (exact) mass is 460 g/mol. The molecule has 0 radical (unpaired) electrons. The molecule has 10 heteroatoms. The second-order valence-electron chi connectivity index (χ2n) is 6.29. The molecule has 1 aliphatic heterocycles. The Hall–Kier alpha value is -1.80. The molecule has 2 aromatic carbocycles. The van der Waals surface area contributed by atoms with E-state index in [0.717, 1.165) is 0 Å². The van der Waals surface area contributed by atoms with Gasteiger partial charge in [-0.2, -0.15) is 0 Å². The number of benzene rings is 2. The third kappa shape index (κ3) is 4.60. The van der Waals surface area contributed by atoms with E-state index < -0.39 is 34.3 Å². The van der Waals surface area contributed by atoms with Crippen molar-refractivity contribution in [3.05, 3.63) is 63.1 Å². The topological polar surface area (TPSA) is 83.6 Å². The first-order chi connectivity index (χ1) is 13.2. The first kappa shape index (κ1) is 20.9. The van der Waals surface area contributed by atoms with E-state index in [9.17, 15) is 18.0 Å². The van der Waals surface area contributed by atoms with Crippen molar-refractivity contribution >= 4 is 56.6 Å². The highest BCUT2D eigenvalue weighted by Crippen LogP contribution is 2.25. The van der Waals surface area contributed by atoms with E-state index in [0.29, 0.717) is 24.9 Å². The SMILES string of the molecule is O=C1CN(S(=O)(=O)c2ccc(Cl)cc2)C(=O)C(Cc2cc(Cl)cc(Cl)c2)CN1. The maximum atomic E-state index is 13.0. The van der Waals surface area contributed by atoms with Crippen molar-refractivity contribution in [1.29, 1.82) is 0 Å². The predicted octanol–water partition coefficient (Wildman–Crippen LogP) is 3.15. The molecule has 1 saturated heterocycles. The van der Waals surface area contributed by atoms with Crippen LogP contribution in [-0.4, -0.2) is 37.6 Å². The lowest BCUT2D eigenvalue weighted by Gasteiger charge is -2.23. The van der Waals surface area contributed by atoms with Crippen LogP contribution >= 0.6 is 34.8 Å². The van der Waals surface area contributed by atoms with Gasteiger partial charge in [0.05, 0.1) is 10.8 Å². The molecule has 6 nitrogen and oxygen atoms in total. The third-order valence-corrected chi connectivity index (χ3v) is 6.68. The molecule has 1 heterocycles. The van der Waals surface area contributed by atoms with Gasteiger partial charge in [0.25, 0.3) is 10.0 Å². The zero-order valence-corrected chi connectivity index (χ0v) is 17.4. The minimum atomic E-state index is -4.21. The van der Waals surface area contributed by atoms with E-state index in [2.05, 4.69) is 5.32 Å². The number of carbonyl (C=O) groups is 2. The van der Waals surface area contributed by atoms with Crippen molar-refractivity contribution in [3.63, 3.8) is 0 Å². The number of carbonyl (C=O) groups excluding carboxylic acids is 2. The summed E-state index contributed by atoms with van der Waals surface area (Å²) in [6.07, 6.45) is 0.173. The van der Waals surface area contributed by atoms with Gasteiger partial charge in [0, 0.05) is 21.6 Å². The standard InChI is InChI=1S/C18H15Cl3N2O4S/c19-13-1-3-16(4-2-13)28(26,27)23-10-17(24)22-9-12(18(23)25)5-11-6-14(20)8-15(21)7-11/h1-4,6-8,12H,5,9-10H2,(H,22,24). The van der Waals surface area contributed by atoms with Gasteiger partial charge in [0.2, 0.25) is 11.8 Å². The quantitative estimate of drug-likeness (QED) is 0.758. The van der Waals surface area contributed by atoms with Crippen LogP contribution < -0.4 is 5.32 Å². The highest BCUT2D eigenvalue weighted by atomic mass is 35.5. The number of hydrogen-bond acceptors (Lipinski definition) is 4. The molecule has 0 aliphatic carbocycles. The summed E-state index contributed by atoms with van der Waals surface area (Å²) in [5, 5.41) is 3.74. The number of nitrogens with zero attached hydrogens (tertiary/aromatic N) is 1. The minimum Gasteiger partial charge on any atom is -0.354 e. The first-order valence-corrected chi connectivity index (χ1v) is 10.8. The van der Waals surface area contributed by atoms with Gasteiger partial charge in [-0.05, 0) is 54.4 Å². The fraction of sp³-hybridized carbons (Fsp3) is 0.222. The average molecular weight is 462 g/mol. The number of amides is 2. The van der Waals surface area contributed by atoms with Gasteiger partial charge in [0.1, 0.15) is 6.54 Å². The molecule has 0 bridgehead atoms. The normalized spacial score (nSPS) is 18.0. The number of halogens is 3. The lowest BCUT2D eigenvalue weighted by Crippen LogP contribution is -2.42. The summed E-state index contributed by atoms with van der Waals surface area (Å²) in [4.78, 5) is 24.9. The predicted molar refractivity (Wildman–Crippen MR) is 107 cm³/mol. The maximum Gasteiger partial charge on any atom is 0.266 e. The molecular weight excluding hydrogens is 447 g/mol. The molecule has 0 aromatic heterocycles. The molecule has 2 aromatic rings. The zero-order valence-electron chi connectivity index (χ0n) is 14.4. The van der Waals surface area contributed by atoms with Gasteiger partial charge >= 0.3 is 0 Å². The van der Waals surface area contributed by atoms with Gasteiger partial charge in [-0.1, -0.05) is 34.8 Å². The Bertz CT molecular complexity index is 1010. The van der Waals surface area contributed by atoms with E-state index in [1.807, 2.05) is 0 Å². The molecule has 0 spiro atoms. The van der Waals surface area contributed by atoms with Gasteiger partial charge in [0.15, 0.2) is 0 Å². The first-order valence-electron chi connectivity index (χ1n) is 8.20. The van der Waals surface area contributed by atoms with Gasteiger partial charge in [-0.3, -0.25) is 9.59 Å². The van der Waals surface area contributed by atoms with Crippen molar-refractivity contribution < 1.29 is 18.0 Å². The Morgan fingerprint density at radius 1 is 0.964 bits per heavy atom. The number of nitrogens with one attached hydrogen (secondary N) is 1. The smallest absolute Gasteiger partial charge is 0.266 e. The van der Waals surface area contributed by atoms with Crippen LogP contribution in [0.1, 0.15) is 5.56 Å². The van der Waals surface area contributed by atoms with Crippen LogP contribution in [0.15, 0.2) is 47.4 Å². The summed E-state index contributed by atoms with van der Waals surface area (Å²) in [6.45, 7) is -0.578. The molecule has 3 rings (SSSR count). The second-order valence-corrected chi connectivity index (χ2v) is 9.46. The van der Waals surface area contributed by atoms with Crippen LogP contribution in [-0.2, 0) is 26.0 Å². The highest BCUT2D eigenvalue weighted by Gasteiger charge is 2.38. The minimum absolute atomic E-state index is 0.00837. The lowest BCUT2D eigenvalue weighted by atomic mass is 9.98. The Kier molecular flexibility index (Phi) is 6.19. The van der Waals surface area contributed by atoms with Crippen LogP contribution in [0.4, 0.5) is 0 Å². The summed E-state index contributed by atoms with van der Waals surface area (Å²) < 4.78 is 26.5. The van der Waals surface area contributed by atoms with Crippen LogP contribution in [0, 0.1) is 5.92 Å². The maximum absolute atomic E-state index is 13.0. The fourth-order valence-corrected chi connectivity index (χ4v) is 5.01. The van der Waals surface area contributed by atoms with E-state index in [1.165, 1.54) is 24.3 Å². The van der Waals surface area contributed by atoms with Crippen molar-refractivity contribution in [2.75, 3.05) is 13.1 Å². The van der Waals surface area contributed by atoms with E-state index in [1.54, 1.807) is 18.2 Å². The van der Waals surface area contributed by atoms with Gasteiger partial charge in [-0.25, -0.2) is 12.7 Å². The third-order valence-electron chi connectivity index (χ3n) is 4.23. The van der Waals surface area contributed by atoms with Crippen molar-refractivity contribution in [1.82, 2.24) is 9.62 Å². The summed E-state index contributed by atoms with van der Waals surface area (Å²) >= 11 is 17.8. The summed E-state index contributed by atoms with van der Waals surface area (Å²) in [7, 11) is -4.21. The van der Waals surface area contributed by atoms with Crippen LogP contribution in [0.3, 0.4) is 0 Å². The van der Waals surface area contributed by atoms with Crippen LogP contribution in [0.25, 0.3) is 0 Å². The molecular formula is C18H15Cl3N2O4S. The van der Waals surface area contributed by atoms with E-state index in [4.69, 9.17) is 34.8 Å². The molecule has 1 N–H and O–H groups in total. The van der Waals surface area contributed by atoms with Crippen LogP contribution in [0.2, 0.25) is 15.1 Å². The average Bonchev–Trinajstić information content (AvgIpc) is 2.75. The second kappa shape index (κ2) is 8.29. The molecule has 0 saturated carbocycles.